The fourth-order valence-electron chi connectivity index (χ4n) is 1.87. The van der Waals surface area contributed by atoms with Crippen LogP contribution in [0.5, 0.6) is 0 Å². The fraction of sp³-hybridized carbons (Fsp3) is 0.143. The lowest BCUT2D eigenvalue weighted by molar-refractivity contribution is -0.384. The van der Waals surface area contributed by atoms with E-state index in [0.29, 0.717) is 11.1 Å². The second kappa shape index (κ2) is 4.37. The minimum Gasteiger partial charge on any atom is -0.258 e. The normalized spacial score (nSPS) is 10.2. The summed E-state index contributed by atoms with van der Waals surface area (Å²) >= 11 is 0. The molecule has 0 heterocycles. The van der Waals surface area contributed by atoms with Gasteiger partial charge in [-0.15, -0.1) is 0 Å². The van der Waals surface area contributed by atoms with Crippen molar-refractivity contribution in [2.45, 2.75) is 13.8 Å². The molecule has 3 nitrogen and oxygen atoms in total. The lowest BCUT2D eigenvalue weighted by atomic mass is 10.00. The number of para-hydroxylation sites is 1. The highest BCUT2D eigenvalue weighted by molar-refractivity contribution is 5.75. The van der Waals surface area contributed by atoms with Gasteiger partial charge in [0.1, 0.15) is 0 Å². The summed E-state index contributed by atoms with van der Waals surface area (Å²) in [6, 6.07) is 13.1. The van der Waals surface area contributed by atoms with E-state index in [0.717, 1.165) is 11.1 Å². The van der Waals surface area contributed by atoms with E-state index in [2.05, 4.69) is 0 Å². The van der Waals surface area contributed by atoms with Gasteiger partial charge in [-0.2, -0.15) is 0 Å². The molecule has 0 aliphatic heterocycles. The van der Waals surface area contributed by atoms with Crippen LogP contribution >= 0.6 is 0 Å². The summed E-state index contributed by atoms with van der Waals surface area (Å²) in [6.45, 7) is 3.75. The highest BCUT2D eigenvalue weighted by atomic mass is 16.6. The Morgan fingerprint density at radius 2 is 1.65 bits per heavy atom. The van der Waals surface area contributed by atoms with Crippen molar-refractivity contribution in [1.82, 2.24) is 0 Å². The van der Waals surface area contributed by atoms with Gasteiger partial charge in [0.05, 0.1) is 10.5 Å². The maximum absolute atomic E-state index is 11.1. The van der Waals surface area contributed by atoms with Crippen LogP contribution in [0.1, 0.15) is 11.1 Å². The first-order chi connectivity index (χ1) is 8.09. The predicted molar refractivity (Wildman–Crippen MR) is 68.0 cm³/mol. The summed E-state index contributed by atoms with van der Waals surface area (Å²) in [6.07, 6.45) is 0. The number of hydrogen-bond donors (Lipinski definition) is 0. The number of aryl methyl sites for hydroxylation is 2. The van der Waals surface area contributed by atoms with Crippen molar-refractivity contribution >= 4 is 5.69 Å². The third kappa shape index (κ3) is 2.18. The highest BCUT2D eigenvalue weighted by Crippen LogP contribution is 2.32. The van der Waals surface area contributed by atoms with Crippen molar-refractivity contribution < 1.29 is 4.92 Å². The van der Waals surface area contributed by atoms with Crippen LogP contribution in [0.2, 0.25) is 0 Å². The minimum absolute atomic E-state index is 0.191. The van der Waals surface area contributed by atoms with Crippen LogP contribution in [0.25, 0.3) is 11.1 Å². The Kier molecular flexibility index (Phi) is 2.91. The molecule has 0 aromatic heterocycles. The zero-order valence-corrected chi connectivity index (χ0v) is 9.81. The van der Waals surface area contributed by atoms with Crippen LogP contribution in [-0.4, -0.2) is 4.92 Å². The number of rotatable bonds is 2. The van der Waals surface area contributed by atoms with Gasteiger partial charge in [-0.25, -0.2) is 0 Å². The molecule has 0 aliphatic rings. The third-order valence-corrected chi connectivity index (χ3v) is 2.78. The van der Waals surface area contributed by atoms with E-state index in [1.54, 1.807) is 19.1 Å². The lowest BCUT2D eigenvalue weighted by Crippen LogP contribution is -1.94. The molecule has 0 saturated heterocycles. The largest absolute Gasteiger partial charge is 0.280 e. The summed E-state index contributed by atoms with van der Waals surface area (Å²) in [5.41, 5.74) is 3.58. The van der Waals surface area contributed by atoms with Crippen molar-refractivity contribution in [1.29, 1.82) is 0 Å². The molecular formula is C14H13NO2. The van der Waals surface area contributed by atoms with Crippen molar-refractivity contribution in [2.24, 2.45) is 0 Å². The Labute approximate surface area is 99.9 Å². The van der Waals surface area contributed by atoms with E-state index >= 15 is 0 Å². The number of benzene rings is 2. The minimum atomic E-state index is -0.315. The molecule has 0 fully saturated rings. The van der Waals surface area contributed by atoms with Crippen LogP contribution < -0.4 is 0 Å². The summed E-state index contributed by atoms with van der Waals surface area (Å²) in [5.74, 6) is 0. The maximum atomic E-state index is 11.1. The summed E-state index contributed by atoms with van der Waals surface area (Å²) in [5, 5.41) is 11.1. The monoisotopic (exact) mass is 227 g/mol. The molecule has 2 rings (SSSR count). The molecule has 3 heteroatoms. The van der Waals surface area contributed by atoms with Crippen LogP contribution in [-0.2, 0) is 0 Å². The molecule has 0 unspecified atom stereocenters. The van der Waals surface area contributed by atoms with E-state index in [1.165, 1.54) is 0 Å². The van der Waals surface area contributed by atoms with Gasteiger partial charge < -0.3 is 0 Å². The summed E-state index contributed by atoms with van der Waals surface area (Å²) < 4.78 is 0. The topological polar surface area (TPSA) is 43.1 Å². The quantitative estimate of drug-likeness (QED) is 0.577. The van der Waals surface area contributed by atoms with Gasteiger partial charge in [-0.1, -0.05) is 42.0 Å². The molecule has 0 aliphatic carbocycles. The molecule has 0 radical (unpaired) electrons. The van der Waals surface area contributed by atoms with Crippen molar-refractivity contribution in [2.75, 3.05) is 0 Å². The predicted octanol–water partition coefficient (Wildman–Crippen LogP) is 3.88. The van der Waals surface area contributed by atoms with E-state index < -0.39 is 0 Å². The zero-order chi connectivity index (χ0) is 12.4. The van der Waals surface area contributed by atoms with Gasteiger partial charge in [-0.3, -0.25) is 10.1 Å². The molecule has 0 N–H and O–H groups in total. The van der Waals surface area contributed by atoms with Crippen molar-refractivity contribution in [3.05, 3.63) is 63.7 Å². The number of nitro groups is 1. The van der Waals surface area contributed by atoms with Crippen LogP contribution in [0.3, 0.4) is 0 Å². The highest BCUT2D eigenvalue weighted by Gasteiger charge is 2.17. The Balaban J connectivity index is 2.63. The lowest BCUT2D eigenvalue weighted by Gasteiger charge is -2.05. The second-order valence-corrected chi connectivity index (χ2v) is 4.09. The summed E-state index contributed by atoms with van der Waals surface area (Å²) in [4.78, 5) is 10.8. The molecule has 0 atom stereocenters. The van der Waals surface area contributed by atoms with Gasteiger partial charge in [0, 0.05) is 5.56 Å². The first-order valence-electron chi connectivity index (χ1n) is 5.40. The van der Waals surface area contributed by atoms with Gasteiger partial charge in [0.15, 0.2) is 0 Å². The second-order valence-electron chi connectivity index (χ2n) is 4.09. The average molecular weight is 227 g/mol. The van der Waals surface area contributed by atoms with E-state index in [-0.39, 0.29) is 10.6 Å². The molecule has 2 aromatic rings. The molecule has 17 heavy (non-hydrogen) atoms. The van der Waals surface area contributed by atoms with Crippen molar-refractivity contribution in [3.8, 4) is 11.1 Å². The Bertz CT molecular complexity index is 559. The van der Waals surface area contributed by atoms with Gasteiger partial charge in [0.2, 0.25) is 0 Å². The Morgan fingerprint density at radius 1 is 1.00 bits per heavy atom. The van der Waals surface area contributed by atoms with E-state index in [4.69, 9.17) is 0 Å². The van der Waals surface area contributed by atoms with Crippen molar-refractivity contribution in [3.63, 3.8) is 0 Å². The first kappa shape index (κ1) is 11.3. The molecule has 0 spiro atoms. The first-order valence-corrected chi connectivity index (χ1v) is 5.40. The van der Waals surface area contributed by atoms with Gasteiger partial charge in [-0.05, 0) is 25.5 Å². The van der Waals surface area contributed by atoms with Gasteiger partial charge >= 0.3 is 0 Å². The van der Waals surface area contributed by atoms with Gasteiger partial charge in [0.25, 0.3) is 5.69 Å². The standard InChI is InChI=1S/C14H13NO2/c1-10-6-8-12(9-7-10)13-5-3-4-11(2)14(13)15(16)17/h3-9H,1-2H3. The SMILES string of the molecule is Cc1ccc(-c2cccc(C)c2[N+](=O)[O-])cc1. The van der Waals surface area contributed by atoms with Crippen LogP contribution in [0, 0.1) is 24.0 Å². The third-order valence-electron chi connectivity index (χ3n) is 2.78. The molecule has 86 valence electrons. The molecule has 0 saturated carbocycles. The molecule has 0 bridgehead atoms. The Hall–Kier alpha value is -2.16. The number of nitrogens with zero attached hydrogens (tertiary/aromatic N) is 1. The molecule has 2 aromatic carbocycles. The maximum Gasteiger partial charge on any atom is 0.280 e. The van der Waals surface area contributed by atoms with Crippen LogP contribution in [0.15, 0.2) is 42.5 Å². The zero-order valence-electron chi connectivity index (χ0n) is 9.81. The smallest absolute Gasteiger partial charge is 0.258 e. The van der Waals surface area contributed by atoms with Crippen LogP contribution in [0.4, 0.5) is 5.69 Å². The average Bonchev–Trinajstić information content (AvgIpc) is 2.29. The van der Waals surface area contributed by atoms with E-state index in [1.807, 2.05) is 37.3 Å². The molecular weight excluding hydrogens is 214 g/mol. The number of nitro benzene ring substituents is 1. The summed E-state index contributed by atoms with van der Waals surface area (Å²) in [7, 11) is 0. The fourth-order valence-corrected chi connectivity index (χ4v) is 1.87. The Morgan fingerprint density at radius 3 is 2.24 bits per heavy atom. The van der Waals surface area contributed by atoms with E-state index in [9.17, 15) is 10.1 Å². The molecule has 0 amide bonds. The number of hydrogen-bond acceptors (Lipinski definition) is 2.